The van der Waals surface area contributed by atoms with Crippen molar-refractivity contribution >= 4 is 46.3 Å². The number of fused-ring (bicyclic) bond motifs is 1. The number of nitrogens with one attached hydrogen (secondary N) is 1. The average Bonchev–Trinajstić information content (AvgIpc) is 3.58. The number of nitrogen functional groups attached to an aromatic ring is 1. The maximum atomic E-state index is 12.6. The lowest BCUT2D eigenvalue weighted by Crippen LogP contribution is -2.23. The largest absolute Gasteiger partial charge is 0.455 e. The predicted molar refractivity (Wildman–Crippen MR) is 129 cm³/mol. The van der Waals surface area contributed by atoms with E-state index in [9.17, 15) is 14.9 Å². The van der Waals surface area contributed by atoms with E-state index in [0.29, 0.717) is 33.9 Å². The molecule has 0 fully saturated rings. The summed E-state index contributed by atoms with van der Waals surface area (Å²) >= 11 is 6.16. The summed E-state index contributed by atoms with van der Waals surface area (Å²) in [6.07, 6.45) is 1.29. The summed E-state index contributed by atoms with van der Waals surface area (Å²) in [5.74, 6) is 0.508. The molecule has 0 saturated heterocycles. The number of nitro benzene ring substituents is 1. The predicted octanol–water partition coefficient (Wildman–Crippen LogP) is 3.64. The number of carbonyl (C=O) groups excluding carboxylic acids is 1. The smallest absolute Gasteiger partial charge is 0.270 e. The van der Waals surface area contributed by atoms with Crippen LogP contribution in [-0.4, -0.2) is 36.9 Å². The van der Waals surface area contributed by atoms with Crippen molar-refractivity contribution in [1.29, 1.82) is 0 Å². The number of nitrogens with zero attached hydrogens (tertiary/aromatic N) is 6. The third-order valence-corrected chi connectivity index (χ3v) is 5.45. The fraction of sp³-hybridized carbons (Fsp3) is 0.0455. The second kappa shape index (κ2) is 9.31. The second-order valence-electron chi connectivity index (χ2n) is 7.42. The zero-order valence-corrected chi connectivity index (χ0v) is 18.9. The van der Waals surface area contributed by atoms with Crippen molar-refractivity contribution in [3.63, 3.8) is 0 Å². The van der Waals surface area contributed by atoms with Crippen LogP contribution in [0.4, 0.5) is 11.5 Å². The van der Waals surface area contributed by atoms with Crippen LogP contribution < -0.4 is 11.2 Å². The van der Waals surface area contributed by atoms with Crippen LogP contribution in [0.5, 0.6) is 0 Å². The Labute approximate surface area is 206 Å². The SMILES string of the molecule is Nc1nonc1-c1nc2ccccc2n1CC(=O)N/N=C\c1ccc(-c2cc([N+](=O)[O-])ccc2Cl)o1. The lowest BCUT2D eigenvalue weighted by Gasteiger charge is -2.06. The summed E-state index contributed by atoms with van der Waals surface area (Å²) in [5, 5.41) is 22.6. The number of hydrogen-bond donors (Lipinski definition) is 2. The lowest BCUT2D eigenvalue weighted by molar-refractivity contribution is -0.384. The molecule has 13 nitrogen and oxygen atoms in total. The number of nitrogens with two attached hydrogens (primary N) is 1. The molecule has 5 rings (SSSR count). The Morgan fingerprint density at radius 2 is 2.06 bits per heavy atom. The van der Waals surface area contributed by atoms with E-state index in [1.807, 2.05) is 12.1 Å². The van der Waals surface area contributed by atoms with Gasteiger partial charge in [0.15, 0.2) is 17.3 Å². The van der Waals surface area contributed by atoms with Gasteiger partial charge in [0.2, 0.25) is 0 Å². The molecule has 180 valence electrons. The molecule has 0 atom stereocenters. The van der Waals surface area contributed by atoms with E-state index in [4.69, 9.17) is 21.8 Å². The van der Waals surface area contributed by atoms with E-state index in [1.165, 1.54) is 24.4 Å². The van der Waals surface area contributed by atoms with Crippen molar-refractivity contribution in [1.82, 2.24) is 25.3 Å². The van der Waals surface area contributed by atoms with Crippen LogP contribution in [0.1, 0.15) is 5.76 Å². The highest BCUT2D eigenvalue weighted by molar-refractivity contribution is 6.33. The van der Waals surface area contributed by atoms with E-state index in [-0.39, 0.29) is 28.8 Å². The van der Waals surface area contributed by atoms with Gasteiger partial charge in [-0.15, -0.1) is 0 Å². The highest BCUT2D eigenvalue weighted by Gasteiger charge is 2.20. The Hall–Kier alpha value is -5.04. The van der Waals surface area contributed by atoms with Crippen molar-refractivity contribution in [2.45, 2.75) is 6.54 Å². The third-order valence-electron chi connectivity index (χ3n) is 5.12. The Morgan fingerprint density at radius 3 is 2.83 bits per heavy atom. The third kappa shape index (κ3) is 4.37. The number of aromatic nitrogens is 4. The molecule has 0 spiro atoms. The topological polar surface area (TPSA) is 180 Å². The molecule has 3 aromatic heterocycles. The molecule has 0 aliphatic rings. The van der Waals surface area contributed by atoms with E-state index >= 15 is 0 Å². The Bertz CT molecular complexity index is 1640. The molecule has 1 amide bonds. The minimum absolute atomic E-state index is 0.0439. The van der Waals surface area contributed by atoms with Gasteiger partial charge in [-0.2, -0.15) is 5.10 Å². The summed E-state index contributed by atoms with van der Waals surface area (Å²) < 4.78 is 11.9. The summed E-state index contributed by atoms with van der Waals surface area (Å²) in [4.78, 5) is 27.7. The monoisotopic (exact) mass is 506 g/mol. The van der Waals surface area contributed by atoms with Crippen LogP contribution in [0.25, 0.3) is 33.9 Å². The van der Waals surface area contributed by atoms with Crippen LogP contribution in [0.15, 0.2) is 68.7 Å². The highest BCUT2D eigenvalue weighted by Crippen LogP contribution is 2.32. The van der Waals surface area contributed by atoms with Crippen molar-refractivity contribution in [3.05, 3.63) is 75.5 Å². The average molecular weight is 507 g/mol. The minimum atomic E-state index is -0.525. The molecule has 0 saturated carbocycles. The fourth-order valence-electron chi connectivity index (χ4n) is 3.50. The number of imidazole rings is 1. The van der Waals surface area contributed by atoms with E-state index in [2.05, 4.69) is 30.5 Å². The molecule has 3 heterocycles. The van der Waals surface area contributed by atoms with Gasteiger partial charge in [0.1, 0.15) is 18.1 Å². The summed E-state index contributed by atoms with van der Waals surface area (Å²) in [5.41, 5.74) is 10.0. The standard InChI is InChI=1S/C22H15ClN8O5/c23-15-7-5-12(31(33)34)9-14(15)18-8-6-13(35-18)10-25-27-19(32)11-30-17-4-2-1-3-16(17)26-22(30)20-21(24)29-36-28-20/h1-10H,11H2,(H2,24,29)(H,27,32)/b25-10-. The summed E-state index contributed by atoms with van der Waals surface area (Å²) in [6, 6.07) is 14.4. The fourth-order valence-corrected chi connectivity index (χ4v) is 3.71. The Kier molecular flexibility index (Phi) is 5.88. The van der Waals surface area contributed by atoms with Gasteiger partial charge in [0.05, 0.1) is 27.2 Å². The van der Waals surface area contributed by atoms with Crippen LogP contribution in [0, 0.1) is 10.1 Å². The molecule has 0 aliphatic heterocycles. The van der Waals surface area contributed by atoms with Gasteiger partial charge in [-0.1, -0.05) is 23.7 Å². The molecule has 36 heavy (non-hydrogen) atoms. The van der Waals surface area contributed by atoms with Gasteiger partial charge in [-0.3, -0.25) is 14.9 Å². The van der Waals surface area contributed by atoms with E-state index in [1.54, 1.807) is 28.8 Å². The van der Waals surface area contributed by atoms with Gasteiger partial charge in [0.25, 0.3) is 11.6 Å². The number of halogens is 1. The second-order valence-corrected chi connectivity index (χ2v) is 7.83. The van der Waals surface area contributed by atoms with E-state index in [0.717, 1.165) is 0 Å². The molecule has 0 unspecified atom stereocenters. The lowest BCUT2D eigenvalue weighted by atomic mass is 10.1. The molecule has 0 bridgehead atoms. The van der Waals surface area contributed by atoms with E-state index < -0.39 is 10.8 Å². The van der Waals surface area contributed by atoms with Gasteiger partial charge >= 0.3 is 0 Å². The molecular formula is C22H15ClN8O5. The first-order valence-corrected chi connectivity index (χ1v) is 10.7. The number of furan rings is 1. The number of benzene rings is 2. The normalized spacial score (nSPS) is 11.4. The highest BCUT2D eigenvalue weighted by atomic mass is 35.5. The van der Waals surface area contributed by atoms with Crippen molar-refractivity contribution in [3.8, 4) is 22.8 Å². The summed E-state index contributed by atoms with van der Waals surface area (Å²) in [6.45, 7) is -0.147. The number of hydrogen-bond acceptors (Lipinski definition) is 10. The Balaban J connectivity index is 1.32. The molecule has 3 N–H and O–H groups in total. The number of amides is 1. The van der Waals surface area contributed by atoms with Gasteiger partial charge in [-0.25, -0.2) is 15.0 Å². The van der Waals surface area contributed by atoms with Crippen molar-refractivity contribution < 1.29 is 18.8 Å². The quantitative estimate of drug-likeness (QED) is 0.189. The number of hydrazone groups is 1. The number of nitro groups is 1. The zero-order chi connectivity index (χ0) is 25.2. The number of rotatable bonds is 7. The molecule has 14 heteroatoms. The number of anilines is 1. The number of non-ortho nitro benzene ring substituents is 1. The molecule has 2 aromatic carbocycles. The van der Waals surface area contributed by atoms with Crippen LogP contribution >= 0.6 is 11.6 Å². The van der Waals surface area contributed by atoms with Crippen molar-refractivity contribution in [2.75, 3.05) is 5.73 Å². The van der Waals surface area contributed by atoms with Crippen LogP contribution in [-0.2, 0) is 11.3 Å². The maximum absolute atomic E-state index is 12.6. The maximum Gasteiger partial charge on any atom is 0.270 e. The first kappa shape index (κ1) is 22.7. The van der Waals surface area contributed by atoms with Crippen molar-refractivity contribution in [2.24, 2.45) is 5.10 Å². The summed E-state index contributed by atoms with van der Waals surface area (Å²) in [7, 11) is 0. The first-order chi connectivity index (χ1) is 17.4. The molecule has 0 aliphatic carbocycles. The minimum Gasteiger partial charge on any atom is -0.455 e. The van der Waals surface area contributed by atoms with Gasteiger partial charge in [0, 0.05) is 17.7 Å². The number of carbonyl (C=O) groups is 1. The zero-order valence-electron chi connectivity index (χ0n) is 18.2. The van der Waals surface area contributed by atoms with Gasteiger partial charge < -0.3 is 14.7 Å². The number of para-hydroxylation sites is 2. The molecule has 5 aromatic rings. The van der Waals surface area contributed by atoms with Gasteiger partial charge in [-0.05, 0) is 40.6 Å². The Morgan fingerprint density at radius 1 is 1.22 bits per heavy atom. The van der Waals surface area contributed by atoms with Crippen LogP contribution in [0.2, 0.25) is 5.02 Å². The van der Waals surface area contributed by atoms with Crippen LogP contribution in [0.3, 0.4) is 0 Å². The molecule has 0 radical (unpaired) electrons. The first-order valence-electron chi connectivity index (χ1n) is 10.3. The molecular weight excluding hydrogens is 492 g/mol.